The Morgan fingerprint density at radius 1 is 1.11 bits per heavy atom. The van der Waals surface area contributed by atoms with Gasteiger partial charge >= 0.3 is 5.56 Å². The minimum absolute atomic E-state index is 0.0609. The molecule has 13 heteroatoms. The zero-order chi connectivity index (χ0) is 26.9. The molecule has 1 aliphatic carbocycles. The third-order valence-corrected chi connectivity index (χ3v) is 8.80. The van der Waals surface area contributed by atoms with Crippen molar-refractivity contribution >= 4 is 39.1 Å². The minimum atomic E-state index is -3.72. The molecule has 0 bridgehead atoms. The number of nitrogens with zero attached hydrogens (tertiary/aromatic N) is 5. The van der Waals surface area contributed by atoms with E-state index in [1.165, 1.54) is 15.2 Å². The molecule has 1 N–H and O–H groups in total. The van der Waals surface area contributed by atoms with Crippen LogP contribution in [0.5, 0.6) is 5.75 Å². The van der Waals surface area contributed by atoms with Crippen molar-refractivity contribution in [3.8, 4) is 11.4 Å². The molecule has 1 aromatic carbocycles. The molecular weight excluding hydrogens is 551 g/mol. The second-order valence-corrected chi connectivity index (χ2v) is 12.4. The van der Waals surface area contributed by atoms with Gasteiger partial charge < -0.3 is 9.64 Å². The van der Waals surface area contributed by atoms with Crippen molar-refractivity contribution in [2.24, 2.45) is 5.41 Å². The summed E-state index contributed by atoms with van der Waals surface area (Å²) in [7, 11) is -3.72. The number of ether oxygens (including phenoxy) is 1. The van der Waals surface area contributed by atoms with Crippen LogP contribution in [0.15, 0.2) is 53.6 Å². The van der Waals surface area contributed by atoms with Crippen molar-refractivity contribution in [1.29, 1.82) is 0 Å². The molecule has 2 fully saturated rings. The van der Waals surface area contributed by atoms with E-state index in [4.69, 9.17) is 27.9 Å². The number of anilines is 1. The number of halogens is 2. The molecule has 1 saturated heterocycles. The number of rotatable bonds is 9. The summed E-state index contributed by atoms with van der Waals surface area (Å²) in [4.78, 5) is 19.4. The maximum absolute atomic E-state index is 13.5. The summed E-state index contributed by atoms with van der Waals surface area (Å²) in [6.07, 6.45) is 5.22. The molecule has 3 aromatic rings. The first-order chi connectivity index (χ1) is 18.1. The highest BCUT2D eigenvalue weighted by molar-refractivity contribution is 7.87. The molecule has 3 heterocycles. The Morgan fingerprint density at radius 3 is 2.55 bits per heavy atom. The fourth-order valence-electron chi connectivity index (χ4n) is 4.17. The van der Waals surface area contributed by atoms with Crippen LogP contribution in [0.1, 0.15) is 25.3 Å². The van der Waals surface area contributed by atoms with Gasteiger partial charge in [-0.1, -0.05) is 36.2 Å². The molecule has 1 saturated carbocycles. The van der Waals surface area contributed by atoms with E-state index in [0.717, 1.165) is 12.8 Å². The molecule has 1 aliphatic heterocycles. The Labute approximate surface area is 231 Å². The van der Waals surface area contributed by atoms with Gasteiger partial charge in [-0.25, -0.2) is 4.98 Å². The summed E-state index contributed by atoms with van der Waals surface area (Å²) < 4.78 is 37.2. The van der Waals surface area contributed by atoms with Crippen LogP contribution in [0.4, 0.5) is 5.69 Å². The van der Waals surface area contributed by atoms with Crippen molar-refractivity contribution < 1.29 is 13.2 Å². The average molecular weight is 580 g/mol. The molecule has 202 valence electrons. The summed E-state index contributed by atoms with van der Waals surface area (Å²) in [5.74, 6) is 0.206. The third kappa shape index (κ3) is 6.13. The zero-order valence-corrected chi connectivity index (χ0v) is 23.1. The van der Waals surface area contributed by atoms with Gasteiger partial charge in [0, 0.05) is 49.4 Å². The van der Waals surface area contributed by atoms with Gasteiger partial charge in [0.15, 0.2) is 0 Å². The van der Waals surface area contributed by atoms with Crippen molar-refractivity contribution in [3.63, 3.8) is 0 Å². The summed E-state index contributed by atoms with van der Waals surface area (Å²) in [5.41, 5.74) is 1.47. The van der Waals surface area contributed by atoms with Crippen molar-refractivity contribution in [1.82, 2.24) is 23.8 Å². The standard InChI is InChI=1S/C25H28Cl2N6O4S/c1-25(6-7-25)17-37-23-21(16-29-33(24(23)34)20-4-2-3-19(26)14-20)31-9-11-32(12-10-31)38(35,36)30-15-18-5-8-28-22(27)13-18/h2-5,8,13-14,16,30H,6-7,9-12,15,17H2,1H3. The number of hydrogen-bond acceptors (Lipinski definition) is 7. The lowest BCUT2D eigenvalue weighted by Crippen LogP contribution is -2.52. The number of nitrogens with one attached hydrogen (secondary N) is 1. The summed E-state index contributed by atoms with van der Waals surface area (Å²) in [6.45, 7) is 3.87. The topological polar surface area (TPSA) is 110 Å². The highest BCUT2D eigenvalue weighted by Crippen LogP contribution is 2.45. The molecule has 0 spiro atoms. The molecule has 0 amide bonds. The van der Waals surface area contributed by atoms with Gasteiger partial charge in [-0.05, 0) is 48.7 Å². The first kappa shape index (κ1) is 26.9. The quantitative estimate of drug-likeness (QED) is 0.388. The summed E-state index contributed by atoms with van der Waals surface area (Å²) in [6, 6.07) is 10.2. The number of benzene rings is 1. The van der Waals surface area contributed by atoms with Gasteiger partial charge in [0.2, 0.25) is 5.75 Å². The number of aromatic nitrogens is 3. The predicted molar refractivity (Wildman–Crippen MR) is 146 cm³/mol. The van der Waals surface area contributed by atoms with Crippen molar-refractivity contribution in [3.05, 3.63) is 74.9 Å². The highest BCUT2D eigenvalue weighted by atomic mass is 35.5. The van der Waals surface area contributed by atoms with Crippen molar-refractivity contribution in [2.45, 2.75) is 26.3 Å². The van der Waals surface area contributed by atoms with E-state index >= 15 is 0 Å². The van der Waals surface area contributed by atoms with Crippen LogP contribution < -0.4 is 19.9 Å². The lowest BCUT2D eigenvalue weighted by atomic mass is 10.2. The smallest absolute Gasteiger partial charge is 0.316 e. The fourth-order valence-corrected chi connectivity index (χ4v) is 5.73. The maximum atomic E-state index is 13.5. The maximum Gasteiger partial charge on any atom is 0.316 e. The van der Waals surface area contributed by atoms with Crippen LogP contribution in [0.3, 0.4) is 0 Å². The highest BCUT2D eigenvalue weighted by Gasteiger charge is 2.39. The van der Waals surface area contributed by atoms with Crippen LogP contribution in [-0.4, -0.2) is 60.3 Å². The Kier molecular flexibility index (Phi) is 7.65. The Balaban J connectivity index is 1.32. The Bertz CT molecular complexity index is 1490. The van der Waals surface area contributed by atoms with Crippen LogP contribution >= 0.6 is 23.2 Å². The number of piperazine rings is 1. The van der Waals surface area contributed by atoms with Gasteiger partial charge in [-0.2, -0.15) is 27.2 Å². The molecule has 5 rings (SSSR count). The first-order valence-corrected chi connectivity index (χ1v) is 14.4. The molecule has 0 unspecified atom stereocenters. The molecule has 0 atom stereocenters. The Hall–Kier alpha value is -2.70. The predicted octanol–water partition coefficient (Wildman–Crippen LogP) is 3.27. The van der Waals surface area contributed by atoms with E-state index in [9.17, 15) is 13.2 Å². The lowest BCUT2D eigenvalue weighted by Gasteiger charge is -2.35. The van der Waals surface area contributed by atoms with Gasteiger partial charge in [0.1, 0.15) is 10.8 Å². The van der Waals surface area contributed by atoms with E-state index < -0.39 is 10.2 Å². The molecule has 38 heavy (non-hydrogen) atoms. The normalized spacial score (nSPS) is 17.4. The minimum Gasteiger partial charge on any atom is -0.486 e. The molecular formula is C25H28Cl2N6O4S. The van der Waals surface area contributed by atoms with Gasteiger partial charge in [0.05, 0.1) is 18.5 Å². The van der Waals surface area contributed by atoms with Gasteiger partial charge in [-0.15, -0.1) is 0 Å². The first-order valence-electron chi connectivity index (χ1n) is 12.2. The SMILES string of the molecule is CC1(COc2c(N3CCN(S(=O)(=O)NCc4ccnc(Cl)c4)CC3)cnn(-c3cccc(Cl)c3)c2=O)CC1. The van der Waals surface area contributed by atoms with E-state index in [1.807, 2.05) is 4.90 Å². The van der Waals surface area contributed by atoms with Crippen LogP contribution in [-0.2, 0) is 16.8 Å². The summed E-state index contributed by atoms with van der Waals surface area (Å²) in [5, 5.41) is 5.18. The molecule has 10 nitrogen and oxygen atoms in total. The van der Waals surface area contributed by atoms with E-state index in [0.29, 0.717) is 46.8 Å². The fraction of sp³-hybridized carbons (Fsp3) is 0.400. The van der Waals surface area contributed by atoms with Gasteiger partial charge in [-0.3, -0.25) is 4.79 Å². The number of hydrogen-bond donors (Lipinski definition) is 1. The summed E-state index contributed by atoms with van der Waals surface area (Å²) >= 11 is 12.0. The second-order valence-electron chi connectivity index (χ2n) is 9.85. The molecule has 2 aliphatic rings. The average Bonchev–Trinajstić information content (AvgIpc) is 3.64. The number of pyridine rings is 1. The van der Waals surface area contributed by atoms with E-state index in [-0.39, 0.29) is 36.4 Å². The van der Waals surface area contributed by atoms with Crippen molar-refractivity contribution in [2.75, 3.05) is 37.7 Å². The van der Waals surface area contributed by atoms with E-state index in [2.05, 4.69) is 21.7 Å². The lowest BCUT2D eigenvalue weighted by molar-refractivity contribution is 0.242. The van der Waals surface area contributed by atoms with Crippen LogP contribution in [0.25, 0.3) is 5.69 Å². The second kappa shape index (κ2) is 10.8. The monoisotopic (exact) mass is 578 g/mol. The molecule has 2 aromatic heterocycles. The van der Waals surface area contributed by atoms with Crippen LogP contribution in [0, 0.1) is 5.41 Å². The molecule has 0 radical (unpaired) electrons. The third-order valence-electron chi connectivity index (χ3n) is 6.80. The largest absolute Gasteiger partial charge is 0.486 e. The van der Waals surface area contributed by atoms with Gasteiger partial charge in [0.25, 0.3) is 10.2 Å². The zero-order valence-electron chi connectivity index (χ0n) is 20.8. The Morgan fingerprint density at radius 2 is 1.87 bits per heavy atom. The van der Waals surface area contributed by atoms with E-state index in [1.54, 1.807) is 42.6 Å². The van der Waals surface area contributed by atoms with Crippen LogP contribution in [0.2, 0.25) is 10.2 Å².